The molecule has 3 aromatic rings. The van der Waals surface area contributed by atoms with Crippen molar-refractivity contribution in [2.24, 2.45) is 5.92 Å². The number of urea groups is 1. The van der Waals surface area contributed by atoms with E-state index < -0.39 is 11.6 Å². The van der Waals surface area contributed by atoms with E-state index >= 15 is 0 Å². The summed E-state index contributed by atoms with van der Waals surface area (Å²) in [6, 6.07) is 16.3. The number of hydrogen-bond donors (Lipinski definition) is 1. The van der Waals surface area contributed by atoms with E-state index in [1.807, 2.05) is 31.2 Å². The lowest BCUT2D eigenvalue weighted by Gasteiger charge is -2.41. The number of benzene rings is 2. The summed E-state index contributed by atoms with van der Waals surface area (Å²) < 4.78 is 13.4. The van der Waals surface area contributed by atoms with Crippen molar-refractivity contribution in [3.63, 3.8) is 0 Å². The van der Waals surface area contributed by atoms with Gasteiger partial charge in [0.25, 0.3) is 11.8 Å². The maximum Gasteiger partial charge on any atom is 0.325 e. The zero-order valence-corrected chi connectivity index (χ0v) is 20.0. The van der Waals surface area contributed by atoms with Crippen LogP contribution in [0.4, 0.5) is 9.18 Å². The number of hydrogen-bond acceptors (Lipinski definition) is 4. The molecule has 1 N–H and O–H groups in total. The number of amides is 4. The highest BCUT2D eigenvalue weighted by atomic mass is 19.1. The highest BCUT2D eigenvalue weighted by Crippen LogP contribution is 2.41. The van der Waals surface area contributed by atoms with Crippen molar-refractivity contribution < 1.29 is 18.8 Å². The Kier molecular flexibility index (Phi) is 6.26. The van der Waals surface area contributed by atoms with Crippen molar-refractivity contribution in [2.75, 3.05) is 13.1 Å². The Morgan fingerprint density at radius 3 is 2.39 bits per heavy atom. The molecule has 2 fully saturated rings. The molecular formula is C28H27FN4O3. The summed E-state index contributed by atoms with van der Waals surface area (Å²) in [5.41, 5.74) is 1.72. The molecule has 4 amide bonds. The van der Waals surface area contributed by atoms with Gasteiger partial charge < -0.3 is 10.2 Å². The zero-order valence-electron chi connectivity index (χ0n) is 20.0. The molecule has 0 bridgehead atoms. The highest BCUT2D eigenvalue weighted by molar-refractivity contribution is 6.07. The number of aromatic nitrogens is 1. The van der Waals surface area contributed by atoms with Gasteiger partial charge in [-0.1, -0.05) is 35.9 Å². The zero-order chi connectivity index (χ0) is 25.3. The SMILES string of the molecule is Cc1ccc(C(=O)N2CCC([C@]3(c4cccnc4)NC(=O)N(Cc4ccc(F)cc4)C3=O)CC2)cc1. The maximum absolute atomic E-state index is 13.9. The van der Waals surface area contributed by atoms with Gasteiger partial charge >= 0.3 is 6.03 Å². The Morgan fingerprint density at radius 1 is 1.06 bits per heavy atom. The van der Waals surface area contributed by atoms with E-state index in [2.05, 4.69) is 10.3 Å². The second kappa shape index (κ2) is 9.53. The van der Waals surface area contributed by atoms with Crippen molar-refractivity contribution in [2.45, 2.75) is 31.8 Å². The maximum atomic E-state index is 13.9. The second-order valence-electron chi connectivity index (χ2n) is 9.43. The van der Waals surface area contributed by atoms with Gasteiger partial charge in [-0.25, -0.2) is 9.18 Å². The number of rotatable bonds is 5. The van der Waals surface area contributed by atoms with Crippen molar-refractivity contribution in [3.8, 4) is 0 Å². The number of aryl methyl sites for hydroxylation is 1. The standard InChI is InChI=1S/C28H27FN4O3/c1-19-4-8-21(9-5-19)25(34)32-15-12-22(13-16-32)28(23-3-2-14-30-17-23)26(35)33(27(36)31-28)18-20-6-10-24(29)11-7-20/h2-11,14,17,22H,12-13,15-16,18H2,1H3,(H,31,36)/t28-/m1/s1. The fraction of sp³-hybridized carbons (Fsp3) is 0.286. The molecule has 36 heavy (non-hydrogen) atoms. The first kappa shape index (κ1) is 23.7. The van der Waals surface area contributed by atoms with E-state index in [0.29, 0.717) is 42.6 Å². The number of piperidine rings is 1. The van der Waals surface area contributed by atoms with Gasteiger partial charge in [-0.2, -0.15) is 0 Å². The molecule has 3 heterocycles. The minimum absolute atomic E-state index is 0.0383. The van der Waals surface area contributed by atoms with Gasteiger partial charge in [0, 0.05) is 36.6 Å². The van der Waals surface area contributed by atoms with Crippen LogP contribution in [0.25, 0.3) is 0 Å². The number of carbonyl (C=O) groups excluding carboxylic acids is 3. The fourth-order valence-corrected chi connectivity index (χ4v) is 5.21. The van der Waals surface area contributed by atoms with Crippen LogP contribution in [0.2, 0.25) is 0 Å². The van der Waals surface area contributed by atoms with E-state index in [9.17, 15) is 18.8 Å². The van der Waals surface area contributed by atoms with Crippen LogP contribution in [0.1, 0.15) is 39.9 Å². The molecule has 2 aromatic carbocycles. The van der Waals surface area contributed by atoms with Crippen LogP contribution in [-0.2, 0) is 16.9 Å². The van der Waals surface area contributed by atoms with Crippen molar-refractivity contribution in [3.05, 3.63) is 101 Å². The minimum atomic E-state index is -1.27. The number of pyridine rings is 1. The Balaban J connectivity index is 1.39. The summed E-state index contributed by atoms with van der Waals surface area (Å²) in [6.07, 6.45) is 4.33. The summed E-state index contributed by atoms with van der Waals surface area (Å²) in [4.78, 5) is 47.3. The molecule has 7 nitrogen and oxygen atoms in total. The molecule has 1 aromatic heterocycles. The molecule has 2 saturated heterocycles. The predicted octanol–water partition coefficient (Wildman–Crippen LogP) is 4.03. The Morgan fingerprint density at radius 2 is 1.75 bits per heavy atom. The van der Waals surface area contributed by atoms with Crippen LogP contribution >= 0.6 is 0 Å². The smallest absolute Gasteiger partial charge is 0.325 e. The molecule has 0 saturated carbocycles. The van der Waals surface area contributed by atoms with Gasteiger partial charge in [0.1, 0.15) is 5.82 Å². The number of carbonyl (C=O) groups is 3. The van der Waals surface area contributed by atoms with E-state index in [0.717, 1.165) is 5.56 Å². The predicted molar refractivity (Wildman–Crippen MR) is 131 cm³/mol. The lowest BCUT2D eigenvalue weighted by Crippen LogP contribution is -2.54. The van der Waals surface area contributed by atoms with Crippen LogP contribution in [0.3, 0.4) is 0 Å². The van der Waals surface area contributed by atoms with E-state index in [1.165, 1.54) is 17.0 Å². The largest absolute Gasteiger partial charge is 0.339 e. The first-order valence-electron chi connectivity index (χ1n) is 12.0. The van der Waals surface area contributed by atoms with Gasteiger partial charge in [0.15, 0.2) is 5.54 Å². The molecule has 8 heteroatoms. The first-order chi connectivity index (χ1) is 17.4. The van der Waals surface area contributed by atoms with Gasteiger partial charge in [-0.05, 0) is 61.6 Å². The first-order valence-corrected chi connectivity index (χ1v) is 12.0. The van der Waals surface area contributed by atoms with E-state index in [-0.39, 0.29) is 30.1 Å². The number of nitrogens with one attached hydrogen (secondary N) is 1. The molecule has 2 aliphatic rings. The minimum Gasteiger partial charge on any atom is -0.339 e. The Bertz CT molecular complexity index is 1270. The Labute approximate surface area is 208 Å². The Hall–Kier alpha value is -4.07. The molecule has 0 spiro atoms. The van der Waals surface area contributed by atoms with Crippen LogP contribution in [0, 0.1) is 18.7 Å². The molecular weight excluding hydrogens is 459 g/mol. The second-order valence-corrected chi connectivity index (χ2v) is 9.43. The summed E-state index contributed by atoms with van der Waals surface area (Å²) in [5.74, 6) is -0.997. The van der Waals surface area contributed by atoms with Gasteiger partial charge in [0.05, 0.1) is 6.54 Å². The van der Waals surface area contributed by atoms with Crippen LogP contribution < -0.4 is 5.32 Å². The van der Waals surface area contributed by atoms with Gasteiger partial charge in [-0.3, -0.25) is 19.5 Å². The third kappa shape index (κ3) is 4.23. The lowest BCUT2D eigenvalue weighted by molar-refractivity contribution is -0.134. The van der Waals surface area contributed by atoms with Crippen molar-refractivity contribution in [1.29, 1.82) is 0 Å². The lowest BCUT2D eigenvalue weighted by atomic mass is 9.73. The number of imide groups is 1. The molecule has 184 valence electrons. The molecule has 2 aliphatic heterocycles. The molecule has 1 atom stereocenters. The van der Waals surface area contributed by atoms with Gasteiger partial charge in [0.2, 0.25) is 0 Å². The normalized spacial score (nSPS) is 20.5. The van der Waals surface area contributed by atoms with E-state index in [4.69, 9.17) is 0 Å². The molecule has 0 radical (unpaired) electrons. The third-order valence-electron chi connectivity index (χ3n) is 7.20. The van der Waals surface area contributed by atoms with Crippen LogP contribution in [-0.4, -0.2) is 45.7 Å². The molecule has 0 unspecified atom stereocenters. The quantitative estimate of drug-likeness (QED) is 0.552. The average Bonchev–Trinajstić information content (AvgIpc) is 3.16. The monoisotopic (exact) mass is 486 g/mol. The fourth-order valence-electron chi connectivity index (χ4n) is 5.21. The summed E-state index contributed by atoms with van der Waals surface area (Å²) in [7, 11) is 0. The van der Waals surface area contributed by atoms with Crippen LogP contribution in [0.5, 0.6) is 0 Å². The number of halogens is 1. The summed E-state index contributed by atoms with van der Waals surface area (Å²) >= 11 is 0. The van der Waals surface area contributed by atoms with Gasteiger partial charge in [-0.15, -0.1) is 0 Å². The molecule has 0 aliphatic carbocycles. The summed E-state index contributed by atoms with van der Waals surface area (Å²) in [6.45, 7) is 2.96. The average molecular weight is 487 g/mol. The number of likely N-dealkylation sites (tertiary alicyclic amines) is 1. The van der Waals surface area contributed by atoms with Crippen molar-refractivity contribution in [1.82, 2.24) is 20.1 Å². The highest BCUT2D eigenvalue weighted by Gasteiger charge is 2.57. The van der Waals surface area contributed by atoms with Crippen molar-refractivity contribution >= 4 is 17.8 Å². The summed E-state index contributed by atoms with van der Waals surface area (Å²) in [5, 5.41) is 2.99. The third-order valence-corrected chi connectivity index (χ3v) is 7.20. The number of nitrogens with zero attached hydrogens (tertiary/aromatic N) is 3. The molecule has 5 rings (SSSR count). The van der Waals surface area contributed by atoms with E-state index in [1.54, 1.807) is 41.6 Å². The topological polar surface area (TPSA) is 82.6 Å². The van der Waals surface area contributed by atoms with Crippen LogP contribution in [0.15, 0.2) is 73.1 Å².